The lowest BCUT2D eigenvalue weighted by atomic mass is 9.63. The Hall–Kier alpha value is -2.47. The van der Waals surface area contributed by atoms with Crippen molar-refractivity contribution in [2.75, 3.05) is 11.9 Å². The number of aryl methyl sites for hydroxylation is 1. The standard InChI is InChI=1S/C17H25N5O3/c1-11-5-13(24)21-14(20-11)22-15(25)18-9-17(4)7-12(19-10-23)6-16(2,3)8-17/h5,12H,6-9H2,1-4H3,(H3,18,20,21,22,24,25). The van der Waals surface area contributed by atoms with Gasteiger partial charge in [-0.2, -0.15) is 4.98 Å². The maximum Gasteiger partial charge on any atom is 0.321 e. The fourth-order valence-electron chi connectivity index (χ4n) is 3.96. The number of aromatic amines is 1. The largest absolute Gasteiger partial charge is 0.337 e. The summed E-state index contributed by atoms with van der Waals surface area (Å²) in [7, 11) is 0. The molecule has 0 radical (unpaired) electrons. The van der Waals surface area contributed by atoms with Crippen LogP contribution in [0.5, 0.6) is 0 Å². The fourth-order valence-corrected chi connectivity index (χ4v) is 3.96. The van der Waals surface area contributed by atoms with Crippen LogP contribution in [0, 0.1) is 17.8 Å². The number of carbonyl (C=O) groups is 1. The number of carbonyl (C=O) groups excluding carboxylic acids is 2. The van der Waals surface area contributed by atoms with Crippen molar-refractivity contribution < 1.29 is 9.59 Å². The van der Waals surface area contributed by atoms with Crippen molar-refractivity contribution >= 4 is 18.1 Å². The molecule has 2 rings (SSSR count). The van der Waals surface area contributed by atoms with E-state index in [4.69, 9.17) is 0 Å². The van der Waals surface area contributed by atoms with Crippen LogP contribution in [0.1, 0.15) is 45.7 Å². The number of amides is 2. The van der Waals surface area contributed by atoms with Crippen LogP contribution in [0.3, 0.4) is 0 Å². The molecule has 0 bridgehead atoms. The third-order valence-electron chi connectivity index (χ3n) is 4.44. The number of rotatable bonds is 4. The molecule has 0 spiro atoms. The summed E-state index contributed by atoms with van der Waals surface area (Å²) < 4.78 is 0. The Morgan fingerprint density at radius 2 is 2.16 bits per heavy atom. The third-order valence-corrected chi connectivity index (χ3v) is 4.44. The lowest BCUT2D eigenvalue weighted by Crippen LogP contribution is -2.45. The summed E-state index contributed by atoms with van der Waals surface area (Å²) in [5.41, 5.74) is 0.0461. The number of hydrogen-bond donors (Lipinski definition) is 3. The molecule has 1 aromatic heterocycles. The Morgan fingerprint density at radius 1 is 1.44 bits per heavy atom. The van der Waals surface area contributed by atoms with E-state index in [-0.39, 0.29) is 22.8 Å². The minimum Gasteiger partial charge on any atom is -0.337 e. The van der Waals surface area contributed by atoms with E-state index < -0.39 is 11.6 Å². The predicted octanol–water partition coefficient (Wildman–Crippen LogP) is 2.12. The van der Waals surface area contributed by atoms with E-state index in [1.165, 1.54) is 6.07 Å². The lowest BCUT2D eigenvalue weighted by molar-refractivity contribution is 0.0855. The van der Waals surface area contributed by atoms with E-state index in [0.717, 1.165) is 12.8 Å². The number of urea groups is 1. The second-order valence-electron chi connectivity index (χ2n) is 7.99. The first-order chi connectivity index (χ1) is 11.6. The van der Waals surface area contributed by atoms with Crippen LogP contribution in [0.2, 0.25) is 0 Å². The SMILES string of the molecule is Cc1cc(=O)nc(NC(=O)NCC2(C)CC(N=C=O)CC(C)(C)C2)[nH]1. The Kier molecular flexibility index (Phi) is 5.42. The average molecular weight is 347 g/mol. The van der Waals surface area contributed by atoms with Gasteiger partial charge in [0.1, 0.15) is 0 Å². The molecule has 8 nitrogen and oxygen atoms in total. The molecule has 1 heterocycles. The molecule has 0 aromatic carbocycles. The topological polar surface area (TPSA) is 116 Å². The molecule has 1 aromatic rings. The first-order valence-electron chi connectivity index (χ1n) is 8.31. The van der Waals surface area contributed by atoms with Gasteiger partial charge in [-0.25, -0.2) is 14.6 Å². The van der Waals surface area contributed by atoms with Crippen molar-refractivity contribution in [3.8, 4) is 0 Å². The molecular formula is C17H25N5O3. The van der Waals surface area contributed by atoms with Gasteiger partial charge in [-0.3, -0.25) is 10.1 Å². The summed E-state index contributed by atoms with van der Waals surface area (Å²) in [5, 5.41) is 5.36. The minimum absolute atomic E-state index is 0.0273. The predicted molar refractivity (Wildman–Crippen MR) is 94.3 cm³/mol. The van der Waals surface area contributed by atoms with Crippen LogP contribution in [-0.4, -0.2) is 34.7 Å². The number of aromatic nitrogens is 2. The van der Waals surface area contributed by atoms with Gasteiger partial charge in [0.15, 0.2) is 0 Å². The van der Waals surface area contributed by atoms with Crippen LogP contribution >= 0.6 is 0 Å². The minimum atomic E-state index is -0.436. The number of nitrogens with zero attached hydrogens (tertiary/aromatic N) is 2. The molecule has 136 valence electrons. The van der Waals surface area contributed by atoms with E-state index in [0.29, 0.717) is 18.7 Å². The molecule has 1 fully saturated rings. The van der Waals surface area contributed by atoms with Crippen molar-refractivity contribution in [2.45, 2.75) is 53.0 Å². The first kappa shape index (κ1) is 18.9. The van der Waals surface area contributed by atoms with Gasteiger partial charge in [-0.05, 0) is 37.0 Å². The highest BCUT2D eigenvalue weighted by Crippen LogP contribution is 2.46. The van der Waals surface area contributed by atoms with Crippen molar-refractivity contribution in [3.05, 3.63) is 22.1 Å². The monoisotopic (exact) mass is 347 g/mol. The molecule has 1 aliphatic rings. The van der Waals surface area contributed by atoms with Crippen LogP contribution in [-0.2, 0) is 4.79 Å². The number of nitrogens with one attached hydrogen (secondary N) is 3. The van der Waals surface area contributed by atoms with E-state index in [2.05, 4.69) is 46.4 Å². The molecule has 1 aliphatic carbocycles. The Balaban J connectivity index is 1.99. The van der Waals surface area contributed by atoms with E-state index >= 15 is 0 Å². The molecule has 3 N–H and O–H groups in total. The van der Waals surface area contributed by atoms with E-state index in [9.17, 15) is 14.4 Å². The van der Waals surface area contributed by atoms with Crippen LogP contribution in [0.25, 0.3) is 0 Å². The van der Waals surface area contributed by atoms with Crippen LogP contribution in [0.15, 0.2) is 15.9 Å². The second-order valence-corrected chi connectivity index (χ2v) is 7.99. The molecular weight excluding hydrogens is 322 g/mol. The van der Waals surface area contributed by atoms with Gasteiger partial charge in [0.25, 0.3) is 5.56 Å². The van der Waals surface area contributed by atoms with Gasteiger partial charge in [-0.15, -0.1) is 0 Å². The van der Waals surface area contributed by atoms with E-state index in [1.54, 1.807) is 13.0 Å². The van der Waals surface area contributed by atoms with E-state index in [1.807, 2.05) is 0 Å². The quantitative estimate of drug-likeness (QED) is 0.571. The lowest BCUT2D eigenvalue weighted by Gasteiger charge is -2.45. The second kappa shape index (κ2) is 7.19. The number of anilines is 1. The zero-order valence-corrected chi connectivity index (χ0v) is 15.1. The summed E-state index contributed by atoms with van der Waals surface area (Å²) in [6.45, 7) is 8.50. The maximum absolute atomic E-state index is 12.1. The number of isocyanates is 1. The first-order valence-corrected chi connectivity index (χ1v) is 8.31. The fraction of sp³-hybridized carbons (Fsp3) is 0.647. The van der Waals surface area contributed by atoms with Crippen molar-refractivity contribution in [2.24, 2.45) is 15.8 Å². The zero-order valence-electron chi connectivity index (χ0n) is 15.1. The molecule has 0 saturated heterocycles. The average Bonchev–Trinajstić information content (AvgIpc) is 2.42. The third kappa shape index (κ3) is 5.53. The van der Waals surface area contributed by atoms with Gasteiger partial charge >= 0.3 is 6.03 Å². The molecule has 2 unspecified atom stereocenters. The van der Waals surface area contributed by atoms with Gasteiger partial charge in [-0.1, -0.05) is 20.8 Å². The van der Waals surface area contributed by atoms with Crippen molar-refractivity contribution in [3.63, 3.8) is 0 Å². The summed E-state index contributed by atoms with van der Waals surface area (Å²) in [5.74, 6) is 0.111. The Labute approximate surface area is 146 Å². The van der Waals surface area contributed by atoms with Gasteiger partial charge in [0.2, 0.25) is 12.0 Å². The zero-order chi connectivity index (χ0) is 18.7. The number of hydrogen-bond acceptors (Lipinski definition) is 5. The molecule has 2 amide bonds. The van der Waals surface area contributed by atoms with Gasteiger partial charge in [0.05, 0.1) is 6.04 Å². The molecule has 8 heteroatoms. The van der Waals surface area contributed by atoms with Crippen molar-refractivity contribution in [1.29, 1.82) is 0 Å². The number of H-pyrrole nitrogens is 1. The molecule has 25 heavy (non-hydrogen) atoms. The Morgan fingerprint density at radius 3 is 2.80 bits per heavy atom. The number of aliphatic imine (C=N–C) groups is 1. The highest BCUT2D eigenvalue weighted by molar-refractivity contribution is 5.87. The molecule has 0 aliphatic heterocycles. The van der Waals surface area contributed by atoms with Gasteiger partial charge < -0.3 is 10.3 Å². The smallest absolute Gasteiger partial charge is 0.321 e. The molecule has 2 atom stereocenters. The summed E-state index contributed by atoms with van der Waals surface area (Å²) in [4.78, 5) is 44.5. The van der Waals surface area contributed by atoms with Crippen LogP contribution in [0.4, 0.5) is 10.7 Å². The highest BCUT2D eigenvalue weighted by atomic mass is 16.2. The highest BCUT2D eigenvalue weighted by Gasteiger charge is 2.41. The summed E-state index contributed by atoms with van der Waals surface area (Å²) in [6, 6.07) is 0.835. The summed E-state index contributed by atoms with van der Waals surface area (Å²) in [6.07, 6.45) is 4.11. The molecule has 1 saturated carbocycles. The maximum atomic E-state index is 12.1. The summed E-state index contributed by atoms with van der Waals surface area (Å²) >= 11 is 0. The van der Waals surface area contributed by atoms with Crippen LogP contribution < -0.4 is 16.2 Å². The normalized spacial score (nSPS) is 24.9. The van der Waals surface area contributed by atoms with Gasteiger partial charge in [0, 0.05) is 18.3 Å². The Bertz CT molecular complexity index is 751. The van der Waals surface area contributed by atoms with Crippen molar-refractivity contribution in [1.82, 2.24) is 15.3 Å².